The van der Waals surface area contributed by atoms with E-state index >= 15 is 0 Å². The molecule has 7 heteroatoms. The minimum absolute atomic E-state index is 0.0801. The van der Waals surface area contributed by atoms with Crippen LogP contribution in [0.2, 0.25) is 0 Å². The third-order valence-corrected chi connectivity index (χ3v) is 5.25. The van der Waals surface area contributed by atoms with Crippen molar-refractivity contribution in [1.82, 2.24) is 4.72 Å². The van der Waals surface area contributed by atoms with Gasteiger partial charge in [0.1, 0.15) is 0 Å². The number of amides is 1. The van der Waals surface area contributed by atoms with Crippen LogP contribution in [0.15, 0.2) is 64.4 Å². The van der Waals surface area contributed by atoms with E-state index in [9.17, 15) is 13.2 Å². The maximum absolute atomic E-state index is 12.1. The van der Waals surface area contributed by atoms with Gasteiger partial charge in [0, 0.05) is 17.1 Å². The number of rotatable bonds is 6. The molecule has 0 heterocycles. The van der Waals surface area contributed by atoms with Crippen LogP contribution in [-0.4, -0.2) is 20.1 Å². The molecule has 0 aromatic heterocycles. The van der Waals surface area contributed by atoms with Gasteiger partial charge in [-0.15, -0.1) is 11.8 Å². The lowest BCUT2D eigenvalue weighted by molar-refractivity contribution is -0.118. The number of carbonyl (C=O) groups excluding carboxylic acids is 1. The Morgan fingerprint density at radius 2 is 1.87 bits per heavy atom. The normalized spacial score (nSPS) is 10.7. The molecule has 0 radical (unpaired) electrons. The first kappa shape index (κ1) is 17.1. The molecule has 0 aliphatic heterocycles. The van der Waals surface area contributed by atoms with Gasteiger partial charge >= 0.3 is 0 Å². The highest BCUT2D eigenvalue weighted by molar-refractivity contribution is 7.99. The van der Waals surface area contributed by atoms with Crippen LogP contribution in [0.1, 0.15) is 12.0 Å². The van der Waals surface area contributed by atoms with E-state index in [1.54, 1.807) is 0 Å². The topological polar surface area (TPSA) is 87.0 Å². The van der Waals surface area contributed by atoms with Gasteiger partial charge in [-0.3, -0.25) is 4.79 Å². The summed E-state index contributed by atoms with van der Waals surface area (Å²) in [6.07, 6.45) is 0.0801. The van der Waals surface area contributed by atoms with Crippen LogP contribution in [0.4, 0.5) is 0 Å². The van der Waals surface area contributed by atoms with Crippen LogP contribution in [0.25, 0.3) is 0 Å². The summed E-state index contributed by atoms with van der Waals surface area (Å²) in [7, 11) is -3.95. The van der Waals surface area contributed by atoms with E-state index in [2.05, 4.69) is 0 Å². The maximum Gasteiger partial charge on any atom is 0.264 e. The second-order valence-electron chi connectivity index (χ2n) is 4.58. The second kappa shape index (κ2) is 7.81. The van der Waals surface area contributed by atoms with Crippen LogP contribution in [0.3, 0.4) is 0 Å². The Kier molecular flexibility index (Phi) is 5.79. The third-order valence-electron chi connectivity index (χ3n) is 2.86. The van der Waals surface area contributed by atoms with Crippen LogP contribution in [-0.2, 0) is 14.8 Å². The molecule has 0 saturated heterocycles. The Morgan fingerprint density at radius 3 is 2.57 bits per heavy atom. The fraction of sp³-hybridized carbons (Fsp3) is 0.125. The average Bonchev–Trinajstić information content (AvgIpc) is 2.55. The first-order chi connectivity index (χ1) is 11.0. The summed E-state index contributed by atoms with van der Waals surface area (Å²) in [6.45, 7) is 0. The van der Waals surface area contributed by atoms with Crippen LogP contribution in [0, 0.1) is 11.3 Å². The van der Waals surface area contributed by atoms with Crippen molar-refractivity contribution in [2.45, 2.75) is 16.2 Å². The number of nitrogens with one attached hydrogen (secondary N) is 1. The number of hydrogen-bond acceptors (Lipinski definition) is 5. The van der Waals surface area contributed by atoms with E-state index in [0.717, 1.165) is 4.90 Å². The molecule has 118 valence electrons. The summed E-state index contributed by atoms with van der Waals surface area (Å²) in [5, 5.41) is 8.80. The SMILES string of the molecule is N#Cc1cccc(S(=O)(=O)NC(=O)CCSc2ccccc2)c1. The average molecular weight is 346 g/mol. The molecular weight excluding hydrogens is 332 g/mol. The number of nitriles is 1. The van der Waals surface area contributed by atoms with Gasteiger partial charge in [-0.25, -0.2) is 13.1 Å². The first-order valence-electron chi connectivity index (χ1n) is 6.75. The van der Waals surface area contributed by atoms with E-state index < -0.39 is 15.9 Å². The summed E-state index contributed by atoms with van der Waals surface area (Å²) in [5.41, 5.74) is 0.222. The van der Waals surface area contributed by atoms with Crippen LogP contribution >= 0.6 is 11.8 Å². The smallest absolute Gasteiger partial charge is 0.264 e. The molecule has 1 N–H and O–H groups in total. The van der Waals surface area contributed by atoms with Crippen molar-refractivity contribution >= 4 is 27.7 Å². The predicted molar refractivity (Wildman–Crippen MR) is 88.3 cm³/mol. The molecule has 0 atom stereocenters. The maximum atomic E-state index is 12.1. The third kappa shape index (κ3) is 5.13. The van der Waals surface area contributed by atoms with E-state index in [0.29, 0.717) is 5.75 Å². The number of thioether (sulfide) groups is 1. The van der Waals surface area contributed by atoms with Gasteiger partial charge in [-0.1, -0.05) is 24.3 Å². The zero-order valence-electron chi connectivity index (χ0n) is 12.1. The summed E-state index contributed by atoms with van der Waals surface area (Å²) < 4.78 is 26.2. The Labute approximate surface area is 139 Å². The molecule has 0 saturated carbocycles. The number of sulfonamides is 1. The standard InChI is InChI=1S/C16H14N2O3S2/c17-12-13-5-4-8-15(11-13)23(20,21)18-16(19)9-10-22-14-6-2-1-3-7-14/h1-8,11H,9-10H2,(H,18,19). The molecular formula is C16H14N2O3S2. The van der Waals surface area contributed by atoms with Gasteiger partial charge in [0.15, 0.2) is 0 Å². The lowest BCUT2D eigenvalue weighted by Crippen LogP contribution is -2.30. The summed E-state index contributed by atoms with van der Waals surface area (Å²) >= 11 is 1.48. The molecule has 2 aromatic rings. The van der Waals surface area contributed by atoms with Crippen molar-refractivity contribution in [3.63, 3.8) is 0 Å². The van der Waals surface area contributed by atoms with Gasteiger partial charge in [0.2, 0.25) is 5.91 Å². The zero-order valence-corrected chi connectivity index (χ0v) is 13.7. The minimum atomic E-state index is -3.95. The fourth-order valence-electron chi connectivity index (χ4n) is 1.77. The largest absolute Gasteiger partial charge is 0.274 e. The molecule has 2 aromatic carbocycles. The molecule has 23 heavy (non-hydrogen) atoms. The first-order valence-corrected chi connectivity index (χ1v) is 9.22. The van der Waals surface area contributed by atoms with E-state index in [1.807, 2.05) is 41.1 Å². The zero-order chi connectivity index (χ0) is 16.7. The summed E-state index contributed by atoms with van der Waals surface area (Å²) in [4.78, 5) is 12.7. The highest BCUT2D eigenvalue weighted by atomic mass is 32.2. The molecule has 0 fully saturated rings. The molecule has 5 nitrogen and oxygen atoms in total. The van der Waals surface area contributed by atoms with E-state index in [4.69, 9.17) is 5.26 Å². The van der Waals surface area contributed by atoms with Crippen molar-refractivity contribution in [2.75, 3.05) is 5.75 Å². The van der Waals surface area contributed by atoms with Gasteiger partial charge in [0.25, 0.3) is 10.0 Å². The highest BCUT2D eigenvalue weighted by Gasteiger charge is 2.17. The quantitative estimate of drug-likeness (QED) is 0.812. The lowest BCUT2D eigenvalue weighted by atomic mass is 10.2. The molecule has 0 spiro atoms. The molecule has 0 bridgehead atoms. The molecule has 0 aliphatic rings. The van der Waals surface area contributed by atoms with Crippen molar-refractivity contribution in [2.24, 2.45) is 0 Å². The van der Waals surface area contributed by atoms with E-state index in [1.165, 1.54) is 36.0 Å². The molecule has 1 amide bonds. The molecule has 2 rings (SSSR count). The summed E-state index contributed by atoms with van der Waals surface area (Å²) in [6, 6.07) is 16.9. The Hall–Kier alpha value is -2.30. The van der Waals surface area contributed by atoms with Crippen LogP contribution in [0.5, 0.6) is 0 Å². The van der Waals surface area contributed by atoms with E-state index in [-0.39, 0.29) is 16.9 Å². The fourth-order valence-corrected chi connectivity index (χ4v) is 3.70. The monoisotopic (exact) mass is 346 g/mol. The summed E-state index contributed by atoms with van der Waals surface area (Å²) in [5.74, 6) is -0.0975. The number of nitrogens with zero attached hydrogens (tertiary/aromatic N) is 1. The van der Waals surface area contributed by atoms with Crippen molar-refractivity contribution in [3.8, 4) is 6.07 Å². The van der Waals surface area contributed by atoms with Gasteiger partial charge in [0.05, 0.1) is 16.5 Å². The number of benzene rings is 2. The van der Waals surface area contributed by atoms with Crippen molar-refractivity contribution in [3.05, 3.63) is 60.2 Å². The number of hydrogen-bond donors (Lipinski definition) is 1. The lowest BCUT2D eigenvalue weighted by Gasteiger charge is -2.07. The Morgan fingerprint density at radius 1 is 1.13 bits per heavy atom. The van der Waals surface area contributed by atoms with Gasteiger partial charge in [-0.2, -0.15) is 5.26 Å². The van der Waals surface area contributed by atoms with Crippen molar-refractivity contribution < 1.29 is 13.2 Å². The molecule has 0 aliphatic carbocycles. The van der Waals surface area contributed by atoms with Gasteiger partial charge < -0.3 is 0 Å². The Balaban J connectivity index is 1.92. The van der Waals surface area contributed by atoms with Crippen LogP contribution < -0.4 is 4.72 Å². The minimum Gasteiger partial charge on any atom is -0.274 e. The highest BCUT2D eigenvalue weighted by Crippen LogP contribution is 2.18. The predicted octanol–water partition coefficient (Wildman–Crippen LogP) is 2.55. The number of carbonyl (C=O) groups is 1. The molecule has 0 unspecified atom stereocenters. The van der Waals surface area contributed by atoms with Crippen molar-refractivity contribution in [1.29, 1.82) is 5.26 Å². The van der Waals surface area contributed by atoms with Gasteiger partial charge in [-0.05, 0) is 30.3 Å². The Bertz CT molecular complexity index is 828. The second-order valence-corrected chi connectivity index (χ2v) is 7.43.